The molecule has 0 radical (unpaired) electrons. The summed E-state index contributed by atoms with van der Waals surface area (Å²) in [4.78, 5) is 7.33. The number of nitrogens with zero attached hydrogens (tertiary/aromatic N) is 5. The number of aryl methyl sites for hydroxylation is 2. The normalized spacial score (nSPS) is 22.7. The molecule has 0 saturated carbocycles. The van der Waals surface area contributed by atoms with Gasteiger partial charge in [-0.2, -0.15) is 5.10 Å². The lowest BCUT2D eigenvalue weighted by Crippen LogP contribution is -2.24. The number of likely N-dealkylation sites (tertiary alicyclic amines) is 1. The van der Waals surface area contributed by atoms with E-state index >= 15 is 0 Å². The van der Waals surface area contributed by atoms with Gasteiger partial charge in [-0.3, -0.25) is 9.58 Å². The van der Waals surface area contributed by atoms with E-state index in [1.165, 1.54) is 23.5 Å². The molecule has 136 valence electrons. The second-order valence-electron chi connectivity index (χ2n) is 7.40. The van der Waals surface area contributed by atoms with Crippen LogP contribution in [-0.4, -0.2) is 50.5 Å². The van der Waals surface area contributed by atoms with Crippen LogP contribution in [0.25, 0.3) is 0 Å². The van der Waals surface area contributed by atoms with Gasteiger partial charge in [0.1, 0.15) is 5.82 Å². The molecule has 1 unspecified atom stereocenters. The molecule has 6 nitrogen and oxygen atoms in total. The highest BCUT2D eigenvalue weighted by atomic mass is 16.5. The van der Waals surface area contributed by atoms with Crippen molar-refractivity contribution in [2.24, 2.45) is 0 Å². The van der Waals surface area contributed by atoms with Gasteiger partial charge in [0, 0.05) is 75.0 Å². The molecule has 2 aromatic heterocycles. The summed E-state index contributed by atoms with van der Waals surface area (Å²) >= 11 is 0. The average molecular weight is 343 g/mol. The maximum atomic E-state index is 5.53. The summed E-state index contributed by atoms with van der Waals surface area (Å²) in [5.74, 6) is 1.84. The van der Waals surface area contributed by atoms with Gasteiger partial charge in [0.15, 0.2) is 0 Å². The van der Waals surface area contributed by atoms with E-state index in [1.54, 1.807) is 0 Å². The number of ether oxygens (including phenoxy) is 1. The van der Waals surface area contributed by atoms with Gasteiger partial charge in [0.05, 0.1) is 6.20 Å². The smallest absolute Gasteiger partial charge is 0.112 e. The zero-order valence-corrected chi connectivity index (χ0v) is 15.4. The lowest BCUT2D eigenvalue weighted by atomic mass is 9.99. The SMILES string of the molecule is CCn1cc(CN2CCC(n3c(C)cnc3C3CCOCC3)C2)cn1. The van der Waals surface area contributed by atoms with E-state index < -0.39 is 0 Å². The average Bonchev–Trinajstić information content (AvgIpc) is 3.36. The second-order valence-corrected chi connectivity index (χ2v) is 7.40. The fourth-order valence-electron chi connectivity index (χ4n) is 4.28. The first-order valence-corrected chi connectivity index (χ1v) is 9.59. The quantitative estimate of drug-likeness (QED) is 0.837. The van der Waals surface area contributed by atoms with Crippen LogP contribution in [0, 0.1) is 6.92 Å². The van der Waals surface area contributed by atoms with E-state index in [0.29, 0.717) is 12.0 Å². The van der Waals surface area contributed by atoms with Crippen LogP contribution in [0.4, 0.5) is 0 Å². The minimum atomic E-state index is 0.543. The van der Waals surface area contributed by atoms with Gasteiger partial charge in [-0.05, 0) is 33.1 Å². The summed E-state index contributed by atoms with van der Waals surface area (Å²) in [6, 6.07) is 0.543. The Bertz CT molecular complexity index is 700. The molecule has 2 saturated heterocycles. The van der Waals surface area contributed by atoms with Crippen molar-refractivity contribution in [2.75, 3.05) is 26.3 Å². The summed E-state index contributed by atoms with van der Waals surface area (Å²) in [5.41, 5.74) is 2.61. The van der Waals surface area contributed by atoms with Crippen LogP contribution < -0.4 is 0 Å². The lowest BCUT2D eigenvalue weighted by molar-refractivity contribution is 0.0824. The molecule has 0 N–H and O–H groups in total. The van der Waals surface area contributed by atoms with E-state index in [1.807, 2.05) is 10.9 Å². The van der Waals surface area contributed by atoms with Crippen molar-refractivity contribution in [1.29, 1.82) is 0 Å². The maximum absolute atomic E-state index is 5.53. The Kier molecular flexibility index (Phi) is 4.90. The molecule has 4 heterocycles. The molecule has 0 aromatic carbocycles. The van der Waals surface area contributed by atoms with Gasteiger partial charge in [-0.1, -0.05) is 0 Å². The Hall–Kier alpha value is -1.66. The van der Waals surface area contributed by atoms with Crippen LogP contribution in [0.15, 0.2) is 18.6 Å². The number of hydrogen-bond acceptors (Lipinski definition) is 4. The van der Waals surface area contributed by atoms with E-state index in [-0.39, 0.29) is 0 Å². The first kappa shape index (κ1) is 16.8. The predicted octanol–water partition coefficient (Wildman–Crippen LogP) is 2.75. The standard InChI is InChI=1S/C19H29N5O/c1-3-23-13-16(11-21-23)12-22-7-4-18(14-22)24-15(2)10-20-19(24)17-5-8-25-9-6-17/h10-11,13,17-18H,3-9,12,14H2,1-2H3. The molecule has 2 aliphatic rings. The molecule has 0 bridgehead atoms. The van der Waals surface area contributed by atoms with Gasteiger partial charge >= 0.3 is 0 Å². The van der Waals surface area contributed by atoms with Crippen molar-refractivity contribution >= 4 is 0 Å². The Labute approximate surface area is 149 Å². The van der Waals surface area contributed by atoms with Gasteiger partial charge < -0.3 is 9.30 Å². The number of aromatic nitrogens is 4. The van der Waals surface area contributed by atoms with Crippen LogP contribution in [0.3, 0.4) is 0 Å². The Balaban J connectivity index is 1.45. The molecule has 2 aliphatic heterocycles. The van der Waals surface area contributed by atoms with Crippen molar-refractivity contribution in [3.8, 4) is 0 Å². The van der Waals surface area contributed by atoms with E-state index in [9.17, 15) is 0 Å². The monoisotopic (exact) mass is 343 g/mol. The zero-order chi connectivity index (χ0) is 17.2. The molecular weight excluding hydrogens is 314 g/mol. The van der Waals surface area contributed by atoms with Gasteiger partial charge in [0.25, 0.3) is 0 Å². The van der Waals surface area contributed by atoms with Crippen molar-refractivity contribution in [3.63, 3.8) is 0 Å². The van der Waals surface area contributed by atoms with Crippen LogP contribution in [0.1, 0.15) is 55.2 Å². The molecule has 1 atom stereocenters. The highest BCUT2D eigenvalue weighted by molar-refractivity contribution is 5.12. The largest absolute Gasteiger partial charge is 0.381 e. The summed E-state index contributed by atoms with van der Waals surface area (Å²) in [6.07, 6.45) is 9.64. The summed E-state index contributed by atoms with van der Waals surface area (Å²) in [7, 11) is 0. The van der Waals surface area contributed by atoms with Gasteiger partial charge in [0.2, 0.25) is 0 Å². The van der Waals surface area contributed by atoms with E-state index in [0.717, 1.165) is 52.2 Å². The fourth-order valence-corrected chi connectivity index (χ4v) is 4.28. The zero-order valence-electron chi connectivity index (χ0n) is 15.4. The summed E-state index contributed by atoms with van der Waals surface area (Å²) in [5, 5.41) is 4.40. The van der Waals surface area contributed by atoms with Crippen molar-refractivity contribution in [3.05, 3.63) is 35.7 Å². The van der Waals surface area contributed by atoms with Crippen LogP contribution >= 0.6 is 0 Å². The lowest BCUT2D eigenvalue weighted by Gasteiger charge is -2.26. The molecule has 0 aliphatic carbocycles. The molecule has 2 fully saturated rings. The third kappa shape index (κ3) is 3.51. The van der Waals surface area contributed by atoms with E-state index in [4.69, 9.17) is 9.72 Å². The minimum Gasteiger partial charge on any atom is -0.381 e. The Morgan fingerprint density at radius 1 is 1.20 bits per heavy atom. The second kappa shape index (κ2) is 7.30. The third-order valence-corrected chi connectivity index (χ3v) is 5.63. The number of imidazole rings is 1. The van der Waals surface area contributed by atoms with Crippen molar-refractivity contribution in [1.82, 2.24) is 24.2 Å². The molecule has 25 heavy (non-hydrogen) atoms. The number of hydrogen-bond donors (Lipinski definition) is 0. The maximum Gasteiger partial charge on any atom is 0.112 e. The van der Waals surface area contributed by atoms with Crippen LogP contribution in [0.5, 0.6) is 0 Å². The summed E-state index contributed by atoms with van der Waals surface area (Å²) < 4.78 is 10.1. The molecule has 6 heteroatoms. The van der Waals surface area contributed by atoms with Crippen molar-refractivity contribution in [2.45, 2.75) is 58.2 Å². The molecule has 0 amide bonds. The van der Waals surface area contributed by atoms with Crippen LogP contribution in [0.2, 0.25) is 0 Å². The van der Waals surface area contributed by atoms with Gasteiger partial charge in [-0.25, -0.2) is 4.98 Å². The predicted molar refractivity (Wildman–Crippen MR) is 96.6 cm³/mol. The first-order valence-electron chi connectivity index (χ1n) is 9.59. The van der Waals surface area contributed by atoms with Crippen molar-refractivity contribution < 1.29 is 4.74 Å². The highest BCUT2D eigenvalue weighted by Gasteiger charge is 2.29. The summed E-state index contributed by atoms with van der Waals surface area (Å²) in [6.45, 7) is 10.2. The van der Waals surface area contributed by atoms with Crippen LogP contribution in [-0.2, 0) is 17.8 Å². The fraction of sp³-hybridized carbons (Fsp3) is 0.684. The molecular formula is C19H29N5O. The number of rotatable bonds is 5. The Morgan fingerprint density at radius 3 is 2.80 bits per heavy atom. The molecule has 2 aromatic rings. The minimum absolute atomic E-state index is 0.543. The molecule has 4 rings (SSSR count). The third-order valence-electron chi connectivity index (χ3n) is 5.63. The topological polar surface area (TPSA) is 48.1 Å². The first-order chi connectivity index (χ1) is 12.2. The van der Waals surface area contributed by atoms with E-state index in [2.05, 4.69) is 40.8 Å². The molecule has 0 spiro atoms. The van der Waals surface area contributed by atoms with Gasteiger partial charge in [-0.15, -0.1) is 0 Å². The highest BCUT2D eigenvalue weighted by Crippen LogP contribution is 2.32. The Morgan fingerprint density at radius 2 is 2.04 bits per heavy atom.